The maximum absolute atomic E-state index is 11.2. The second-order valence-corrected chi connectivity index (χ2v) is 6.61. The number of rotatable bonds is 6. The van der Waals surface area contributed by atoms with Crippen LogP contribution in [0.2, 0.25) is 0 Å². The SMILES string of the molecule is CC(C)c1nn(C)cc1CNCC(C)S(C)=O. The van der Waals surface area contributed by atoms with Crippen LogP contribution in [0.4, 0.5) is 0 Å². The number of nitrogens with one attached hydrogen (secondary N) is 1. The molecular weight excluding hydrogens is 234 g/mol. The van der Waals surface area contributed by atoms with Crippen molar-refractivity contribution in [3.05, 3.63) is 17.5 Å². The van der Waals surface area contributed by atoms with E-state index in [1.54, 1.807) is 6.26 Å². The molecule has 1 N–H and O–H groups in total. The molecule has 0 bridgehead atoms. The van der Waals surface area contributed by atoms with Crippen molar-refractivity contribution >= 4 is 10.8 Å². The average molecular weight is 257 g/mol. The van der Waals surface area contributed by atoms with Crippen molar-refractivity contribution in [1.82, 2.24) is 15.1 Å². The van der Waals surface area contributed by atoms with Gasteiger partial charge in [-0.1, -0.05) is 13.8 Å². The molecule has 0 saturated carbocycles. The Hall–Kier alpha value is -0.680. The quantitative estimate of drug-likeness (QED) is 0.838. The summed E-state index contributed by atoms with van der Waals surface area (Å²) in [6.45, 7) is 7.86. The van der Waals surface area contributed by atoms with Crippen LogP contribution < -0.4 is 5.32 Å². The molecule has 0 aliphatic heterocycles. The fourth-order valence-electron chi connectivity index (χ4n) is 1.70. The van der Waals surface area contributed by atoms with E-state index in [0.29, 0.717) is 5.92 Å². The van der Waals surface area contributed by atoms with Crippen LogP contribution in [0.25, 0.3) is 0 Å². The highest BCUT2D eigenvalue weighted by Gasteiger charge is 2.11. The van der Waals surface area contributed by atoms with Gasteiger partial charge in [-0.05, 0) is 12.8 Å². The first-order chi connectivity index (χ1) is 7.91. The van der Waals surface area contributed by atoms with Gasteiger partial charge in [0.1, 0.15) is 0 Å². The first-order valence-corrected chi connectivity index (χ1v) is 7.59. The zero-order valence-electron chi connectivity index (χ0n) is 11.4. The first-order valence-electron chi connectivity index (χ1n) is 5.97. The number of aromatic nitrogens is 2. The minimum absolute atomic E-state index is 0.189. The summed E-state index contributed by atoms with van der Waals surface area (Å²) >= 11 is 0. The van der Waals surface area contributed by atoms with Gasteiger partial charge in [0.2, 0.25) is 0 Å². The summed E-state index contributed by atoms with van der Waals surface area (Å²) in [6.07, 6.45) is 3.80. The van der Waals surface area contributed by atoms with Crippen LogP contribution in [-0.2, 0) is 24.4 Å². The number of hydrogen-bond acceptors (Lipinski definition) is 3. The minimum Gasteiger partial charge on any atom is -0.311 e. The van der Waals surface area contributed by atoms with E-state index in [2.05, 4.69) is 30.5 Å². The topological polar surface area (TPSA) is 46.9 Å². The Labute approximate surface area is 106 Å². The van der Waals surface area contributed by atoms with Crippen LogP contribution in [0.3, 0.4) is 0 Å². The fraction of sp³-hybridized carbons (Fsp3) is 0.750. The summed E-state index contributed by atoms with van der Waals surface area (Å²) < 4.78 is 13.1. The Kier molecular flexibility index (Phi) is 5.33. The van der Waals surface area contributed by atoms with Crippen molar-refractivity contribution < 1.29 is 4.21 Å². The minimum atomic E-state index is -0.760. The predicted molar refractivity (Wildman–Crippen MR) is 72.5 cm³/mol. The van der Waals surface area contributed by atoms with E-state index in [4.69, 9.17) is 0 Å². The maximum atomic E-state index is 11.2. The summed E-state index contributed by atoms with van der Waals surface area (Å²) in [5, 5.41) is 7.99. The molecule has 98 valence electrons. The van der Waals surface area contributed by atoms with E-state index < -0.39 is 10.8 Å². The molecule has 2 unspecified atom stereocenters. The standard InChI is InChI=1S/C12H23N3OS/c1-9(2)12-11(8-15(4)14-12)7-13-6-10(3)17(5)16/h8-10,13H,6-7H2,1-5H3. The smallest absolute Gasteiger partial charge is 0.0694 e. The molecule has 2 atom stereocenters. The Morgan fingerprint density at radius 3 is 2.65 bits per heavy atom. The molecule has 5 heteroatoms. The summed E-state index contributed by atoms with van der Waals surface area (Å²) in [5.74, 6) is 0.436. The molecule has 0 fully saturated rings. The van der Waals surface area contributed by atoms with Crippen molar-refractivity contribution in [2.24, 2.45) is 7.05 Å². The highest BCUT2D eigenvalue weighted by molar-refractivity contribution is 7.84. The van der Waals surface area contributed by atoms with Crippen LogP contribution in [0, 0.1) is 0 Å². The molecule has 1 aromatic heterocycles. The number of hydrogen-bond donors (Lipinski definition) is 1. The van der Waals surface area contributed by atoms with Crippen molar-refractivity contribution in [2.75, 3.05) is 12.8 Å². The van der Waals surface area contributed by atoms with E-state index in [1.165, 1.54) is 5.56 Å². The van der Waals surface area contributed by atoms with Crippen LogP contribution >= 0.6 is 0 Å². The van der Waals surface area contributed by atoms with Gasteiger partial charge < -0.3 is 5.32 Å². The highest BCUT2D eigenvalue weighted by Crippen LogP contribution is 2.16. The van der Waals surface area contributed by atoms with E-state index >= 15 is 0 Å². The fourth-order valence-corrected chi connectivity index (χ4v) is 2.06. The number of aryl methyl sites for hydroxylation is 1. The lowest BCUT2D eigenvalue weighted by Crippen LogP contribution is -2.27. The average Bonchev–Trinajstić information content (AvgIpc) is 2.59. The van der Waals surface area contributed by atoms with Gasteiger partial charge in [-0.15, -0.1) is 0 Å². The van der Waals surface area contributed by atoms with Gasteiger partial charge in [-0.2, -0.15) is 5.10 Å². The maximum Gasteiger partial charge on any atom is 0.0694 e. The molecule has 0 saturated heterocycles. The van der Waals surface area contributed by atoms with Crippen molar-refractivity contribution in [3.63, 3.8) is 0 Å². The van der Waals surface area contributed by atoms with Gasteiger partial charge in [0.05, 0.1) is 5.69 Å². The van der Waals surface area contributed by atoms with Gasteiger partial charge in [0.25, 0.3) is 0 Å². The predicted octanol–water partition coefficient (Wildman–Crippen LogP) is 1.40. The van der Waals surface area contributed by atoms with E-state index in [9.17, 15) is 4.21 Å². The van der Waals surface area contributed by atoms with Crippen molar-refractivity contribution in [2.45, 2.75) is 38.5 Å². The van der Waals surface area contributed by atoms with Crippen LogP contribution in [0.5, 0.6) is 0 Å². The third-order valence-corrected chi connectivity index (χ3v) is 4.10. The van der Waals surface area contributed by atoms with Crippen LogP contribution in [0.15, 0.2) is 6.20 Å². The first kappa shape index (κ1) is 14.4. The second-order valence-electron chi connectivity index (χ2n) is 4.81. The van der Waals surface area contributed by atoms with E-state index in [1.807, 2.05) is 18.7 Å². The molecule has 17 heavy (non-hydrogen) atoms. The molecule has 1 aromatic rings. The van der Waals surface area contributed by atoms with Crippen LogP contribution in [0.1, 0.15) is 37.9 Å². The van der Waals surface area contributed by atoms with Gasteiger partial charge in [-0.3, -0.25) is 8.89 Å². The zero-order chi connectivity index (χ0) is 13.0. The number of nitrogens with zero attached hydrogens (tertiary/aromatic N) is 2. The highest BCUT2D eigenvalue weighted by atomic mass is 32.2. The summed E-state index contributed by atoms with van der Waals surface area (Å²) in [4.78, 5) is 0. The normalized spacial score (nSPS) is 15.2. The Balaban J connectivity index is 2.54. The molecule has 0 aromatic carbocycles. The second kappa shape index (κ2) is 6.31. The molecule has 0 aliphatic carbocycles. The molecule has 0 spiro atoms. The summed E-state index contributed by atoms with van der Waals surface area (Å²) in [6, 6.07) is 0. The monoisotopic (exact) mass is 257 g/mol. The van der Waals surface area contributed by atoms with E-state index in [0.717, 1.165) is 18.8 Å². The van der Waals surface area contributed by atoms with Gasteiger partial charge in [-0.25, -0.2) is 0 Å². The molecule has 1 heterocycles. The largest absolute Gasteiger partial charge is 0.311 e. The van der Waals surface area contributed by atoms with E-state index in [-0.39, 0.29) is 5.25 Å². The lowest BCUT2D eigenvalue weighted by Gasteiger charge is -2.10. The molecule has 0 aliphatic rings. The Morgan fingerprint density at radius 1 is 1.47 bits per heavy atom. The lowest BCUT2D eigenvalue weighted by atomic mass is 10.1. The molecule has 1 rings (SSSR count). The van der Waals surface area contributed by atoms with Gasteiger partial charge >= 0.3 is 0 Å². The lowest BCUT2D eigenvalue weighted by molar-refractivity contribution is 0.643. The zero-order valence-corrected chi connectivity index (χ0v) is 12.2. The van der Waals surface area contributed by atoms with Crippen molar-refractivity contribution in [3.8, 4) is 0 Å². The molecule has 0 radical (unpaired) electrons. The van der Waals surface area contributed by atoms with Gasteiger partial charge in [0.15, 0.2) is 0 Å². The van der Waals surface area contributed by atoms with Crippen LogP contribution in [-0.4, -0.2) is 32.0 Å². The third kappa shape index (κ3) is 4.24. The summed E-state index contributed by atoms with van der Waals surface area (Å²) in [5.41, 5.74) is 2.38. The molecular formula is C12H23N3OS. The molecule has 4 nitrogen and oxygen atoms in total. The van der Waals surface area contributed by atoms with Crippen molar-refractivity contribution in [1.29, 1.82) is 0 Å². The Bertz CT molecular complexity index is 387. The summed E-state index contributed by atoms with van der Waals surface area (Å²) in [7, 11) is 1.18. The van der Waals surface area contributed by atoms with Gasteiger partial charge in [0, 0.05) is 54.2 Å². The Morgan fingerprint density at radius 2 is 2.12 bits per heavy atom. The third-order valence-electron chi connectivity index (χ3n) is 2.80. The molecule has 0 amide bonds.